The number of rotatable bonds is 3. The normalized spacial score (nSPS) is 17.8. The summed E-state index contributed by atoms with van der Waals surface area (Å²) >= 11 is 1.35. The second-order valence-electron chi connectivity index (χ2n) is 5.53. The van der Waals surface area contributed by atoms with Crippen LogP contribution in [0, 0.1) is 12.8 Å². The number of aromatic nitrogens is 3. The van der Waals surface area contributed by atoms with Crippen molar-refractivity contribution in [2.24, 2.45) is 5.92 Å². The van der Waals surface area contributed by atoms with Gasteiger partial charge in [-0.25, -0.2) is 0 Å². The zero-order chi connectivity index (χ0) is 16.6. The van der Waals surface area contributed by atoms with Gasteiger partial charge in [0.15, 0.2) is 5.82 Å². The summed E-state index contributed by atoms with van der Waals surface area (Å²) < 4.78 is 40.0. The van der Waals surface area contributed by atoms with Gasteiger partial charge in [-0.15, -0.1) is 21.5 Å². The number of thiophene rings is 1. The Morgan fingerprint density at radius 1 is 1.48 bits per heavy atom. The molecule has 3 rings (SSSR count). The van der Waals surface area contributed by atoms with Gasteiger partial charge in [-0.05, 0) is 30.4 Å². The van der Waals surface area contributed by atoms with Crippen LogP contribution in [-0.4, -0.2) is 26.8 Å². The molecule has 2 aromatic rings. The molecule has 1 atom stereocenters. The highest BCUT2D eigenvalue weighted by Crippen LogP contribution is 2.34. The third-order valence-corrected chi connectivity index (χ3v) is 4.99. The van der Waals surface area contributed by atoms with Crippen LogP contribution in [0.1, 0.15) is 33.3 Å². The van der Waals surface area contributed by atoms with Crippen LogP contribution in [0.15, 0.2) is 11.4 Å². The van der Waals surface area contributed by atoms with E-state index in [1.807, 2.05) is 18.4 Å². The molecule has 0 radical (unpaired) electrons. The molecule has 0 aromatic carbocycles. The lowest BCUT2D eigenvalue weighted by molar-refractivity contribution is -0.179. The van der Waals surface area contributed by atoms with Gasteiger partial charge in [-0.2, -0.15) is 13.2 Å². The summed E-state index contributed by atoms with van der Waals surface area (Å²) in [5, 5.41) is 12.3. The van der Waals surface area contributed by atoms with E-state index < -0.39 is 12.1 Å². The number of alkyl halides is 3. The smallest absolute Gasteiger partial charge is 0.344 e. The van der Waals surface area contributed by atoms with Crippen molar-refractivity contribution in [3.63, 3.8) is 0 Å². The number of hydrogen-bond donors (Lipinski definition) is 1. The van der Waals surface area contributed by atoms with E-state index in [1.165, 1.54) is 11.3 Å². The molecule has 0 fully saturated rings. The van der Waals surface area contributed by atoms with Crippen molar-refractivity contribution in [3.05, 3.63) is 33.5 Å². The molecular weight excluding hydrogens is 329 g/mol. The van der Waals surface area contributed by atoms with E-state index in [-0.39, 0.29) is 31.8 Å². The Labute approximate surface area is 134 Å². The molecule has 0 aliphatic carbocycles. The molecule has 1 aliphatic rings. The number of carbonyl (C=O) groups excluding carboxylic acids is 1. The molecule has 0 bridgehead atoms. The largest absolute Gasteiger partial charge is 0.392 e. The van der Waals surface area contributed by atoms with Crippen molar-refractivity contribution in [1.82, 2.24) is 20.1 Å². The van der Waals surface area contributed by atoms with Crippen LogP contribution in [0.3, 0.4) is 0 Å². The Kier molecular flexibility index (Phi) is 4.13. The van der Waals surface area contributed by atoms with Crippen molar-refractivity contribution >= 4 is 17.2 Å². The highest BCUT2D eigenvalue weighted by Gasteiger charge is 2.42. The van der Waals surface area contributed by atoms with E-state index in [1.54, 1.807) is 4.57 Å². The van der Waals surface area contributed by atoms with Crippen molar-refractivity contribution in [1.29, 1.82) is 0 Å². The average molecular weight is 344 g/mol. The average Bonchev–Trinajstić information content (AvgIpc) is 3.09. The lowest BCUT2D eigenvalue weighted by Crippen LogP contribution is -2.32. The summed E-state index contributed by atoms with van der Waals surface area (Å²) in [4.78, 5) is 12.7. The first-order chi connectivity index (χ1) is 10.9. The summed E-state index contributed by atoms with van der Waals surface area (Å²) in [5.41, 5.74) is 0.892. The number of hydrogen-bond acceptors (Lipinski definition) is 4. The summed E-state index contributed by atoms with van der Waals surface area (Å²) in [5.74, 6) is -0.757. The number of fused-ring (bicyclic) bond motifs is 1. The van der Waals surface area contributed by atoms with E-state index in [2.05, 4.69) is 15.5 Å². The fourth-order valence-electron chi connectivity index (χ4n) is 2.64. The van der Waals surface area contributed by atoms with Crippen LogP contribution in [0.5, 0.6) is 0 Å². The molecule has 5 nitrogen and oxygen atoms in total. The van der Waals surface area contributed by atoms with Crippen molar-refractivity contribution < 1.29 is 18.0 Å². The van der Waals surface area contributed by atoms with E-state index in [0.717, 1.165) is 5.56 Å². The molecule has 9 heteroatoms. The molecule has 1 amide bonds. The molecule has 1 aliphatic heterocycles. The van der Waals surface area contributed by atoms with Crippen LogP contribution >= 0.6 is 11.3 Å². The summed E-state index contributed by atoms with van der Waals surface area (Å²) in [7, 11) is 0. The monoisotopic (exact) mass is 344 g/mol. The molecule has 23 heavy (non-hydrogen) atoms. The second-order valence-corrected chi connectivity index (χ2v) is 6.45. The SMILES string of the molecule is Cc1ccsc1C(=O)NCc1nnc2n1CC[C@@H](C(F)(F)F)C2. The molecule has 0 saturated heterocycles. The third-order valence-electron chi connectivity index (χ3n) is 3.97. The van der Waals surface area contributed by atoms with Gasteiger partial charge < -0.3 is 9.88 Å². The number of carbonyl (C=O) groups is 1. The van der Waals surface area contributed by atoms with Crippen molar-refractivity contribution in [2.45, 2.75) is 39.0 Å². The zero-order valence-electron chi connectivity index (χ0n) is 12.4. The Balaban J connectivity index is 1.66. The molecule has 1 N–H and O–H groups in total. The number of nitrogens with zero attached hydrogens (tertiary/aromatic N) is 3. The fourth-order valence-corrected chi connectivity index (χ4v) is 3.49. The molecular formula is C14H15F3N4OS. The van der Waals surface area contributed by atoms with Gasteiger partial charge in [0, 0.05) is 13.0 Å². The first-order valence-corrected chi connectivity index (χ1v) is 8.04. The van der Waals surface area contributed by atoms with E-state index >= 15 is 0 Å². The quantitative estimate of drug-likeness (QED) is 0.931. The van der Waals surface area contributed by atoms with Crippen molar-refractivity contribution in [3.8, 4) is 0 Å². The van der Waals surface area contributed by atoms with E-state index in [4.69, 9.17) is 0 Å². The molecule has 0 spiro atoms. The Hall–Kier alpha value is -1.90. The second kappa shape index (κ2) is 5.95. The molecule has 124 valence electrons. The maximum absolute atomic E-state index is 12.8. The van der Waals surface area contributed by atoms with Gasteiger partial charge in [0.25, 0.3) is 5.91 Å². The maximum atomic E-state index is 12.8. The van der Waals surface area contributed by atoms with Gasteiger partial charge in [-0.3, -0.25) is 4.79 Å². The summed E-state index contributed by atoms with van der Waals surface area (Å²) in [6.45, 7) is 2.22. The van der Waals surface area contributed by atoms with Gasteiger partial charge in [0.1, 0.15) is 5.82 Å². The minimum atomic E-state index is -4.21. The standard InChI is InChI=1S/C14H15F3N4OS/c1-8-3-5-23-12(8)13(22)18-7-11-20-19-10-6-9(14(15,16)17)2-4-21(10)11/h3,5,9H,2,4,6-7H2,1H3,(H,18,22)/t9-/m1/s1. The van der Waals surface area contributed by atoms with Crippen LogP contribution in [0.2, 0.25) is 0 Å². The molecule has 2 aromatic heterocycles. The number of nitrogens with one attached hydrogen (secondary N) is 1. The van der Waals surface area contributed by atoms with Gasteiger partial charge in [0.2, 0.25) is 0 Å². The van der Waals surface area contributed by atoms with Gasteiger partial charge in [0.05, 0.1) is 17.3 Å². The molecule has 0 unspecified atom stereocenters. The first kappa shape index (κ1) is 16.0. The van der Waals surface area contributed by atoms with Gasteiger partial charge in [-0.1, -0.05) is 0 Å². The van der Waals surface area contributed by atoms with Crippen LogP contribution in [0.4, 0.5) is 13.2 Å². The molecule has 3 heterocycles. The minimum Gasteiger partial charge on any atom is -0.344 e. The van der Waals surface area contributed by atoms with Crippen LogP contribution in [0.25, 0.3) is 0 Å². The van der Waals surface area contributed by atoms with Crippen LogP contribution in [-0.2, 0) is 19.5 Å². The predicted octanol–water partition coefficient (Wildman–Crippen LogP) is 2.70. The lowest BCUT2D eigenvalue weighted by atomic mass is 9.97. The topological polar surface area (TPSA) is 59.8 Å². The zero-order valence-corrected chi connectivity index (χ0v) is 13.2. The Morgan fingerprint density at radius 3 is 2.91 bits per heavy atom. The Morgan fingerprint density at radius 2 is 2.26 bits per heavy atom. The van der Waals surface area contributed by atoms with E-state index in [0.29, 0.717) is 16.5 Å². The number of halogens is 3. The minimum absolute atomic E-state index is 0.0134. The summed E-state index contributed by atoms with van der Waals surface area (Å²) in [6, 6.07) is 1.86. The van der Waals surface area contributed by atoms with Crippen LogP contribution < -0.4 is 5.32 Å². The highest BCUT2D eigenvalue weighted by molar-refractivity contribution is 7.12. The lowest BCUT2D eigenvalue weighted by Gasteiger charge is -2.25. The number of aryl methyl sites for hydroxylation is 1. The number of amides is 1. The first-order valence-electron chi connectivity index (χ1n) is 7.16. The molecule has 0 saturated carbocycles. The van der Waals surface area contributed by atoms with Crippen molar-refractivity contribution in [2.75, 3.05) is 0 Å². The Bertz CT molecular complexity index is 722. The highest BCUT2D eigenvalue weighted by atomic mass is 32.1. The van der Waals surface area contributed by atoms with E-state index in [9.17, 15) is 18.0 Å². The fraction of sp³-hybridized carbons (Fsp3) is 0.500. The maximum Gasteiger partial charge on any atom is 0.392 e. The van der Waals surface area contributed by atoms with Gasteiger partial charge >= 0.3 is 6.18 Å². The summed E-state index contributed by atoms with van der Waals surface area (Å²) in [6.07, 6.45) is -4.35. The third kappa shape index (κ3) is 3.24. The predicted molar refractivity (Wildman–Crippen MR) is 78.1 cm³/mol.